The summed E-state index contributed by atoms with van der Waals surface area (Å²) in [5, 5.41) is 8.83. The number of carbonyl (C=O) groups is 1. The van der Waals surface area contributed by atoms with Crippen molar-refractivity contribution < 1.29 is 9.18 Å². The molecule has 0 saturated carbocycles. The zero-order valence-corrected chi connectivity index (χ0v) is 19.0. The highest BCUT2D eigenvalue weighted by molar-refractivity contribution is 8.00. The quantitative estimate of drug-likeness (QED) is 0.286. The van der Waals surface area contributed by atoms with Crippen LogP contribution in [0.2, 0.25) is 0 Å². The number of thioether (sulfide) groups is 1. The third kappa shape index (κ3) is 4.40. The molecule has 10 heteroatoms. The van der Waals surface area contributed by atoms with E-state index in [-0.39, 0.29) is 23.5 Å². The van der Waals surface area contributed by atoms with Crippen LogP contribution in [0, 0.1) is 5.82 Å². The number of aryl methyl sites for hydroxylation is 1. The van der Waals surface area contributed by atoms with Crippen LogP contribution in [-0.4, -0.2) is 41.0 Å². The molecule has 1 atom stereocenters. The molecule has 8 nitrogen and oxygen atoms in total. The van der Waals surface area contributed by atoms with E-state index in [9.17, 15) is 9.18 Å². The van der Waals surface area contributed by atoms with E-state index in [4.69, 9.17) is 0 Å². The van der Waals surface area contributed by atoms with Gasteiger partial charge in [0.2, 0.25) is 5.91 Å². The zero-order valence-electron chi connectivity index (χ0n) is 18.2. The fourth-order valence-corrected chi connectivity index (χ4v) is 4.42. The molecule has 0 spiro atoms. The summed E-state index contributed by atoms with van der Waals surface area (Å²) in [6.07, 6.45) is 6.65. The minimum absolute atomic E-state index is 0.153. The van der Waals surface area contributed by atoms with Crippen molar-refractivity contribution in [3.63, 3.8) is 0 Å². The molecular formula is C24H20FN7OS. The van der Waals surface area contributed by atoms with Gasteiger partial charge in [-0.1, -0.05) is 42.1 Å². The number of rotatable bonds is 7. The van der Waals surface area contributed by atoms with Crippen LogP contribution in [0.5, 0.6) is 0 Å². The molecule has 0 fully saturated rings. The van der Waals surface area contributed by atoms with Crippen LogP contribution in [0.4, 0.5) is 4.39 Å². The second kappa shape index (κ2) is 9.44. The summed E-state index contributed by atoms with van der Waals surface area (Å²) >= 11 is 1.30. The lowest BCUT2D eigenvalue weighted by Gasteiger charge is -2.19. The second-order valence-corrected chi connectivity index (χ2v) is 8.51. The van der Waals surface area contributed by atoms with Crippen LogP contribution in [0.3, 0.4) is 0 Å². The lowest BCUT2D eigenvalue weighted by Crippen LogP contribution is -2.32. The molecule has 5 aromatic rings. The van der Waals surface area contributed by atoms with Crippen molar-refractivity contribution in [1.29, 1.82) is 0 Å². The van der Waals surface area contributed by atoms with E-state index in [0.717, 1.165) is 11.4 Å². The van der Waals surface area contributed by atoms with Gasteiger partial charge in [-0.05, 0) is 29.8 Å². The first kappa shape index (κ1) is 21.8. The average molecular weight is 474 g/mol. The lowest BCUT2D eigenvalue weighted by atomic mass is 10.1. The minimum Gasteiger partial charge on any atom is -0.341 e. The summed E-state index contributed by atoms with van der Waals surface area (Å²) in [6, 6.07) is 15.4. The fourth-order valence-electron chi connectivity index (χ4n) is 3.64. The number of hydrogen-bond donors (Lipinski definition) is 1. The average Bonchev–Trinajstić information content (AvgIpc) is 3.49. The molecule has 3 aromatic heterocycles. The molecule has 0 aliphatic heterocycles. The summed E-state index contributed by atoms with van der Waals surface area (Å²) in [7, 11) is 1.90. The third-order valence-electron chi connectivity index (χ3n) is 5.30. The summed E-state index contributed by atoms with van der Waals surface area (Å²) in [5.74, 6) is 0.423. The number of hydrogen-bond acceptors (Lipinski definition) is 6. The first-order chi connectivity index (χ1) is 16.6. The summed E-state index contributed by atoms with van der Waals surface area (Å²) in [5.41, 5.74) is 2.21. The Hall–Kier alpha value is -4.05. The molecule has 0 aliphatic rings. The number of halogens is 1. The van der Waals surface area contributed by atoms with E-state index in [1.807, 2.05) is 48.1 Å². The second-order valence-electron chi connectivity index (χ2n) is 7.55. The van der Waals surface area contributed by atoms with Crippen LogP contribution in [0.15, 0.2) is 84.5 Å². The number of carbonyl (C=O) groups excluding carboxylic acids is 1. The molecule has 0 radical (unpaired) electrons. The van der Waals surface area contributed by atoms with E-state index in [0.29, 0.717) is 21.7 Å². The Labute approximate surface area is 198 Å². The molecule has 2 aromatic carbocycles. The summed E-state index contributed by atoms with van der Waals surface area (Å²) in [6.45, 7) is 0. The molecule has 5 rings (SSSR count). The predicted molar refractivity (Wildman–Crippen MR) is 127 cm³/mol. The number of benzene rings is 2. The van der Waals surface area contributed by atoms with Crippen molar-refractivity contribution in [3.05, 3.63) is 96.7 Å². The highest BCUT2D eigenvalue weighted by Crippen LogP contribution is 2.26. The smallest absolute Gasteiger partial charge is 0.231 e. The van der Waals surface area contributed by atoms with Crippen LogP contribution >= 0.6 is 11.8 Å². The van der Waals surface area contributed by atoms with Gasteiger partial charge in [0.1, 0.15) is 29.0 Å². The van der Waals surface area contributed by atoms with E-state index in [2.05, 4.69) is 25.4 Å². The molecular weight excluding hydrogens is 453 g/mol. The van der Waals surface area contributed by atoms with Crippen molar-refractivity contribution >= 4 is 28.7 Å². The number of fused-ring (bicyclic) bond motifs is 1. The molecule has 0 saturated heterocycles. The Balaban J connectivity index is 1.34. The Morgan fingerprint density at radius 1 is 1.09 bits per heavy atom. The SMILES string of the molecule is Cn1ccnc1[C@@H](NC(=O)CSc1ncnc2c1cnn2-c1ccc(F)cc1)c1ccccc1. The van der Waals surface area contributed by atoms with Gasteiger partial charge in [0.25, 0.3) is 0 Å². The van der Waals surface area contributed by atoms with Gasteiger partial charge < -0.3 is 9.88 Å². The van der Waals surface area contributed by atoms with Gasteiger partial charge in [-0.25, -0.2) is 24.0 Å². The highest BCUT2D eigenvalue weighted by atomic mass is 32.2. The monoisotopic (exact) mass is 473 g/mol. The zero-order chi connectivity index (χ0) is 23.5. The van der Waals surface area contributed by atoms with Crippen molar-refractivity contribution in [3.8, 4) is 5.69 Å². The Kier molecular flexibility index (Phi) is 6.05. The Morgan fingerprint density at radius 2 is 1.88 bits per heavy atom. The molecule has 0 unspecified atom stereocenters. The Morgan fingerprint density at radius 3 is 2.62 bits per heavy atom. The number of aromatic nitrogens is 6. The topological polar surface area (TPSA) is 90.5 Å². The van der Waals surface area contributed by atoms with E-state index in [1.54, 1.807) is 29.2 Å². The van der Waals surface area contributed by atoms with Crippen LogP contribution in [-0.2, 0) is 11.8 Å². The molecule has 1 amide bonds. The van der Waals surface area contributed by atoms with Crippen LogP contribution < -0.4 is 5.32 Å². The van der Waals surface area contributed by atoms with Gasteiger partial charge in [0.15, 0.2) is 5.65 Å². The fraction of sp³-hybridized carbons (Fsp3) is 0.125. The summed E-state index contributed by atoms with van der Waals surface area (Å²) in [4.78, 5) is 26.0. The normalized spacial score (nSPS) is 12.1. The predicted octanol–water partition coefficient (Wildman–Crippen LogP) is 3.69. The molecule has 34 heavy (non-hydrogen) atoms. The van der Waals surface area contributed by atoms with Crippen molar-refractivity contribution in [2.24, 2.45) is 7.05 Å². The maximum absolute atomic E-state index is 13.3. The van der Waals surface area contributed by atoms with Gasteiger partial charge in [-0.3, -0.25) is 4.79 Å². The van der Waals surface area contributed by atoms with Crippen molar-refractivity contribution in [2.45, 2.75) is 11.1 Å². The first-order valence-corrected chi connectivity index (χ1v) is 11.5. The number of nitrogens with one attached hydrogen (secondary N) is 1. The third-order valence-corrected chi connectivity index (χ3v) is 6.30. The van der Waals surface area contributed by atoms with Crippen LogP contribution in [0.1, 0.15) is 17.4 Å². The first-order valence-electron chi connectivity index (χ1n) is 10.5. The van der Waals surface area contributed by atoms with Crippen molar-refractivity contribution in [2.75, 3.05) is 5.75 Å². The van der Waals surface area contributed by atoms with Gasteiger partial charge in [0.05, 0.1) is 23.0 Å². The molecule has 0 aliphatic carbocycles. The Bertz CT molecular complexity index is 1430. The highest BCUT2D eigenvalue weighted by Gasteiger charge is 2.21. The maximum Gasteiger partial charge on any atom is 0.231 e. The number of nitrogens with zero attached hydrogens (tertiary/aromatic N) is 6. The summed E-state index contributed by atoms with van der Waals surface area (Å²) < 4.78 is 16.8. The largest absolute Gasteiger partial charge is 0.341 e. The van der Waals surface area contributed by atoms with E-state index >= 15 is 0 Å². The van der Waals surface area contributed by atoms with E-state index < -0.39 is 0 Å². The molecule has 0 bridgehead atoms. The lowest BCUT2D eigenvalue weighted by molar-refractivity contribution is -0.119. The minimum atomic E-state index is -0.374. The maximum atomic E-state index is 13.3. The van der Waals surface area contributed by atoms with E-state index in [1.165, 1.54) is 30.2 Å². The molecule has 170 valence electrons. The molecule has 3 heterocycles. The van der Waals surface area contributed by atoms with Crippen molar-refractivity contribution in [1.82, 2.24) is 34.6 Å². The number of amides is 1. The standard InChI is InChI=1S/C24H20FN7OS/c1-31-12-11-26-23(31)21(16-5-3-2-4-6-16)30-20(33)14-34-24-19-13-29-32(22(19)27-15-28-24)18-9-7-17(25)8-10-18/h2-13,15,21H,14H2,1H3,(H,30,33)/t21-/m0/s1. The van der Waals surface area contributed by atoms with Crippen LogP contribution in [0.25, 0.3) is 16.7 Å². The number of imidazole rings is 1. The van der Waals surface area contributed by atoms with Gasteiger partial charge in [-0.15, -0.1) is 0 Å². The molecule has 1 N–H and O–H groups in total. The van der Waals surface area contributed by atoms with Gasteiger partial charge in [-0.2, -0.15) is 5.10 Å². The van der Waals surface area contributed by atoms with Gasteiger partial charge >= 0.3 is 0 Å². The van der Waals surface area contributed by atoms with Gasteiger partial charge in [0, 0.05) is 19.4 Å².